The predicted molar refractivity (Wildman–Crippen MR) is 119 cm³/mol. The molecule has 1 aliphatic rings. The molecule has 0 saturated carbocycles. The van der Waals surface area contributed by atoms with Crippen LogP contribution in [-0.4, -0.2) is 26.0 Å². The van der Waals surface area contributed by atoms with Gasteiger partial charge in [0.25, 0.3) is 11.8 Å². The number of ether oxygens (including phenoxy) is 1. The van der Waals surface area contributed by atoms with Crippen molar-refractivity contribution in [3.8, 4) is 5.75 Å². The van der Waals surface area contributed by atoms with Crippen LogP contribution >= 0.6 is 11.6 Å². The Kier molecular flexibility index (Phi) is 5.29. The van der Waals surface area contributed by atoms with E-state index in [0.717, 1.165) is 5.69 Å². The number of methoxy groups -OCH3 is 1. The van der Waals surface area contributed by atoms with E-state index in [1.165, 1.54) is 4.90 Å². The SMILES string of the molecule is COc1cccc(N2C(=O)C(c3ccc(Cl)cc3)=C(N(C)c3ccccc3)C2=O)c1. The van der Waals surface area contributed by atoms with Gasteiger partial charge in [0, 0.05) is 23.8 Å². The third kappa shape index (κ3) is 3.44. The van der Waals surface area contributed by atoms with E-state index in [4.69, 9.17) is 16.3 Å². The standard InChI is InChI=1S/C24H19ClN2O3/c1-26(18-7-4-3-5-8-18)22-21(16-11-13-17(25)14-12-16)23(28)27(24(22)29)19-9-6-10-20(15-19)30-2/h3-15H,1-2H3. The second-order valence-electron chi connectivity index (χ2n) is 6.77. The normalized spacial score (nSPS) is 13.8. The molecule has 0 aliphatic carbocycles. The topological polar surface area (TPSA) is 49.9 Å². The minimum atomic E-state index is -0.399. The first-order valence-corrected chi connectivity index (χ1v) is 9.71. The van der Waals surface area contributed by atoms with E-state index in [2.05, 4.69) is 0 Å². The van der Waals surface area contributed by atoms with E-state index in [0.29, 0.717) is 33.3 Å². The number of carbonyl (C=O) groups is 2. The molecule has 0 saturated heterocycles. The molecule has 30 heavy (non-hydrogen) atoms. The molecule has 2 amide bonds. The Bertz CT molecular complexity index is 1140. The summed E-state index contributed by atoms with van der Waals surface area (Å²) in [6.07, 6.45) is 0. The number of rotatable bonds is 5. The summed E-state index contributed by atoms with van der Waals surface area (Å²) in [5.41, 5.74) is 2.50. The number of halogens is 1. The van der Waals surface area contributed by atoms with Crippen LogP contribution in [0, 0.1) is 0 Å². The van der Waals surface area contributed by atoms with Crippen molar-refractivity contribution in [1.82, 2.24) is 0 Å². The lowest BCUT2D eigenvalue weighted by atomic mass is 10.0. The fourth-order valence-electron chi connectivity index (χ4n) is 3.47. The number of hydrogen-bond acceptors (Lipinski definition) is 4. The van der Waals surface area contributed by atoms with E-state index < -0.39 is 11.8 Å². The fourth-order valence-corrected chi connectivity index (χ4v) is 3.60. The Morgan fingerprint density at radius 2 is 1.57 bits per heavy atom. The number of imide groups is 1. The molecule has 5 nitrogen and oxygen atoms in total. The van der Waals surface area contributed by atoms with Crippen molar-refractivity contribution in [1.29, 1.82) is 0 Å². The quantitative estimate of drug-likeness (QED) is 0.560. The first-order chi connectivity index (χ1) is 14.5. The molecule has 1 heterocycles. The Hall–Kier alpha value is -3.57. The van der Waals surface area contributed by atoms with Gasteiger partial charge in [-0.1, -0.05) is 48.0 Å². The van der Waals surface area contributed by atoms with Crippen molar-refractivity contribution in [3.63, 3.8) is 0 Å². The lowest BCUT2D eigenvalue weighted by Crippen LogP contribution is -2.34. The molecule has 0 fully saturated rings. The van der Waals surface area contributed by atoms with Crippen molar-refractivity contribution in [3.05, 3.63) is 95.1 Å². The number of likely N-dealkylation sites (N-methyl/N-ethyl adjacent to an activating group) is 1. The molecular weight excluding hydrogens is 400 g/mol. The van der Waals surface area contributed by atoms with Gasteiger partial charge in [0.2, 0.25) is 0 Å². The Morgan fingerprint density at radius 3 is 2.23 bits per heavy atom. The number of amides is 2. The Labute approximate surface area is 179 Å². The summed E-state index contributed by atoms with van der Waals surface area (Å²) >= 11 is 6.03. The monoisotopic (exact) mass is 418 g/mol. The molecule has 1 aliphatic heterocycles. The number of para-hydroxylation sites is 1. The highest BCUT2D eigenvalue weighted by Gasteiger charge is 2.42. The van der Waals surface area contributed by atoms with Crippen LogP contribution in [0.15, 0.2) is 84.6 Å². The zero-order valence-corrected chi connectivity index (χ0v) is 17.3. The molecule has 0 aromatic heterocycles. The fraction of sp³-hybridized carbons (Fsp3) is 0.0833. The van der Waals surface area contributed by atoms with Gasteiger partial charge in [-0.2, -0.15) is 0 Å². The molecule has 3 aromatic rings. The van der Waals surface area contributed by atoms with E-state index in [-0.39, 0.29) is 0 Å². The minimum absolute atomic E-state index is 0.302. The lowest BCUT2D eigenvalue weighted by molar-refractivity contribution is -0.120. The van der Waals surface area contributed by atoms with Gasteiger partial charge in [-0.25, -0.2) is 4.90 Å². The zero-order valence-electron chi connectivity index (χ0n) is 16.5. The van der Waals surface area contributed by atoms with Gasteiger partial charge < -0.3 is 9.64 Å². The summed E-state index contributed by atoms with van der Waals surface area (Å²) in [4.78, 5) is 29.9. The number of nitrogens with zero attached hydrogens (tertiary/aromatic N) is 2. The largest absolute Gasteiger partial charge is 0.497 e. The van der Waals surface area contributed by atoms with Crippen molar-refractivity contribution in [2.24, 2.45) is 0 Å². The summed E-state index contributed by atoms with van der Waals surface area (Å²) in [5.74, 6) is -0.232. The van der Waals surface area contributed by atoms with Crippen molar-refractivity contribution in [2.75, 3.05) is 24.0 Å². The Balaban J connectivity index is 1.87. The van der Waals surface area contributed by atoms with Crippen LogP contribution in [0.5, 0.6) is 5.75 Å². The third-order valence-corrected chi connectivity index (χ3v) is 5.23. The molecule has 0 atom stereocenters. The van der Waals surface area contributed by atoms with Crippen molar-refractivity contribution >= 4 is 40.4 Å². The van der Waals surface area contributed by atoms with Crippen LogP contribution in [0.4, 0.5) is 11.4 Å². The first kappa shape index (κ1) is 19.7. The summed E-state index contributed by atoms with van der Waals surface area (Å²) < 4.78 is 5.27. The molecule has 0 radical (unpaired) electrons. The number of anilines is 2. The van der Waals surface area contributed by atoms with E-state index in [1.807, 2.05) is 30.3 Å². The number of carbonyl (C=O) groups excluding carboxylic acids is 2. The molecule has 0 spiro atoms. The van der Waals surface area contributed by atoms with E-state index >= 15 is 0 Å². The molecule has 150 valence electrons. The summed E-state index contributed by atoms with van der Waals surface area (Å²) in [5, 5.41) is 0.554. The van der Waals surface area contributed by atoms with Crippen molar-refractivity contribution in [2.45, 2.75) is 0 Å². The summed E-state index contributed by atoms with van der Waals surface area (Å²) in [7, 11) is 3.32. The molecular formula is C24H19ClN2O3. The van der Waals surface area contributed by atoms with E-state index in [1.54, 1.807) is 67.6 Å². The molecule has 3 aromatic carbocycles. The average molecular weight is 419 g/mol. The number of benzene rings is 3. The van der Waals surface area contributed by atoms with Gasteiger partial charge in [0.15, 0.2) is 0 Å². The predicted octanol–water partition coefficient (Wildman–Crippen LogP) is 4.77. The van der Waals surface area contributed by atoms with Crippen LogP contribution in [0.25, 0.3) is 5.57 Å². The maximum atomic E-state index is 13.5. The van der Waals surface area contributed by atoms with Crippen LogP contribution in [0.3, 0.4) is 0 Å². The van der Waals surface area contributed by atoms with Gasteiger partial charge in [-0.05, 0) is 42.0 Å². The van der Waals surface area contributed by atoms with E-state index in [9.17, 15) is 9.59 Å². The molecule has 6 heteroatoms. The molecule has 0 unspecified atom stereocenters. The maximum absolute atomic E-state index is 13.5. The van der Waals surface area contributed by atoms with Gasteiger partial charge in [-0.3, -0.25) is 9.59 Å². The molecule has 0 bridgehead atoms. The molecule has 4 rings (SSSR count). The zero-order chi connectivity index (χ0) is 21.3. The Morgan fingerprint density at radius 1 is 0.867 bits per heavy atom. The van der Waals surface area contributed by atoms with Gasteiger partial charge in [0.1, 0.15) is 11.4 Å². The smallest absolute Gasteiger partial charge is 0.282 e. The highest BCUT2D eigenvalue weighted by Crippen LogP contribution is 2.37. The van der Waals surface area contributed by atoms with Crippen LogP contribution in [-0.2, 0) is 9.59 Å². The van der Waals surface area contributed by atoms with Gasteiger partial charge in [-0.15, -0.1) is 0 Å². The summed E-state index contributed by atoms with van der Waals surface area (Å²) in [6, 6.07) is 23.2. The highest BCUT2D eigenvalue weighted by atomic mass is 35.5. The third-order valence-electron chi connectivity index (χ3n) is 4.98. The van der Waals surface area contributed by atoms with Crippen molar-refractivity contribution < 1.29 is 14.3 Å². The van der Waals surface area contributed by atoms with Crippen LogP contribution in [0.1, 0.15) is 5.56 Å². The highest BCUT2D eigenvalue weighted by molar-refractivity contribution is 6.46. The van der Waals surface area contributed by atoms with Gasteiger partial charge in [0.05, 0.1) is 18.4 Å². The van der Waals surface area contributed by atoms with Crippen LogP contribution < -0.4 is 14.5 Å². The lowest BCUT2D eigenvalue weighted by Gasteiger charge is -2.21. The average Bonchev–Trinajstić information content (AvgIpc) is 3.04. The second kappa shape index (κ2) is 8.05. The molecule has 0 N–H and O–H groups in total. The maximum Gasteiger partial charge on any atom is 0.282 e. The first-order valence-electron chi connectivity index (χ1n) is 9.33. The second-order valence-corrected chi connectivity index (χ2v) is 7.21. The number of hydrogen-bond donors (Lipinski definition) is 0. The van der Waals surface area contributed by atoms with Crippen LogP contribution in [0.2, 0.25) is 5.02 Å². The summed E-state index contributed by atoms with van der Waals surface area (Å²) in [6.45, 7) is 0. The van der Waals surface area contributed by atoms with Gasteiger partial charge >= 0.3 is 0 Å². The minimum Gasteiger partial charge on any atom is -0.497 e.